The third-order valence-electron chi connectivity index (χ3n) is 2.51. The third-order valence-corrected chi connectivity index (χ3v) is 2.51. The largest absolute Gasteiger partial charge is 0.399 e. The van der Waals surface area contributed by atoms with Crippen LogP contribution in [0.25, 0.3) is 22.6 Å². The molecule has 5 heteroatoms. The number of nitrogens with one attached hydrogen (secondary N) is 1. The zero-order chi connectivity index (χ0) is 11.8. The Morgan fingerprint density at radius 1 is 1.06 bits per heavy atom. The zero-order valence-corrected chi connectivity index (χ0v) is 9.01. The van der Waals surface area contributed by atoms with Crippen LogP contribution in [0.1, 0.15) is 0 Å². The van der Waals surface area contributed by atoms with Crippen LogP contribution in [0.2, 0.25) is 0 Å². The summed E-state index contributed by atoms with van der Waals surface area (Å²) < 4.78 is 0. The van der Waals surface area contributed by atoms with E-state index in [0.29, 0.717) is 17.0 Å². The van der Waals surface area contributed by atoms with Gasteiger partial charge < -0.3 is 16.5 Å². The lowest BCUT2D eigenvalue weighted by Gasteiger charge is -2.01. The number of fused-ring (bicyclic) bond motifs is 1. The van der Waals surface area contributed by atoms with E-state index in [2.05, 4.69) is 15.0 Å². The van der Waals surface area contributed by atoms with Crippen LogP contribution >= 0.6 is 0 Å². The molecule has 17 heavy (non-hydrogen) atoms. The second-order valence-corrected chi connectivity index (χ2v) is 3.85. The van der Waals surface area contributed by atoms with Gasteiger partial charge in [-0.05, 0) is 30.3 Å². The lowest BCUT2D eigenvalue weighted by molar-refractivity contribution is 1.30. The second-order valence-electron chi connectivity index (χ2n) is 3.85. The highest BCUT2D eigenvalue weighted by atomic mass is 15.0. The number of nitrogens with zero attached hydrogens (tertiary/aromatic N) is 2. The number of H-pyrrole nitrogens is 1. The molecule has 3 aromatic rings. The van der Waals surface area contributed by atoms with Crippen molar-refractivity contribution in [2.45, 2.75) is 0 Å². The predicted molar refractivity (Wildman–Crippen MR) is 68.1 cm³/mol. The highest BCUT2D eigenvalue weighted by molar-refractivity contribution is 5.77. The van der Waals surface area contributed by atoms with Crippen LogP contribution in [0.5, 0.6) is 0 Å². The van der Waals surface area contributed by atoms with Gasteiger partial charge in [-0.15, -0.1) is 0 Å². The van der Waals surface area contributed by atoms with E-state index in [1.165, 1.54) is 0 Å². The van der Waals surface area contributed by atoms with Gasteiger partial charge in [-0.2, -0.15) is 0 Å². The van der Waals surface area contributed by atoms with Gasteiger partial charge in [-0.1, -0.05) is 0 Å². The van der Waals surface area contributed by atoms with Gasteiger partial charge in [0.05, 0.1) is 5.52 Å². The molecule has 5 N–H and O–H groups in total. The SMILES string of the molecule is Nc1cc(N)cc(-c2nc3ncccc3[nH]2)c1. The van der Waals surface area contributed by atoms with Crippen molar-refractivity contribution in [3.8, 4) is 11.4 Å². The first-order chi connectivity index (χ1) is 8.22. The number of aromatic amines is 1. The summed E-state index contributed by atoms with van der Waals surface area (Å²) in [6.45, 7) is 0. The van der Waals surface area contributed by atoms with Crippen molar-refractivity contribution >= 4 is 22.5 Å². The molecule has 0 fully saturated rings. The van der Waals surface area contributed by atoms with Crippen LogP contribution in [0, 0.1) is 0 Å². The molecule has 0 atom stereocenters. The highest BCUT2D eigenvalue weighted by Crippen LogP contribution is 2.23. The van der Waals surface area contributed by atoms with E-state index in [-0.39, 0.29) is 0 Å². The quantitative estimate of drug-likeness (QED) is 0.550. The molecule has 84 valence electrons. The Hall–Kier alpha value is -2.56. The summed E-state index contributed by atoms with van der Waals surface area (Å²) >= 11 is 0. The Morgan fingerprint density at radius 2 is 1.82 bits per heavy atom. The number of nitrogens with two attached hydrogens (primary N) is 2. The number of benzene rings is 1. The first kappa shape index (κ1) is 9.65. The summed E-state index contributed by atoms with van der Waals surface area (Å²) in [4.78, 5) is 11.7. The molecule has 1 aromatic carbocycles. The number of anilines is 2. The van der Waals surface area contributed by atoms with Gasteiger partial charge in [0.15, 0.2) is 5.65 Å². The van der Waals surface area contributed by atoms with Crippen molar-refractivity contribution in [1.29, 1.82) is 0 Å². The molecule has 3 rings (SSSR count). The molecule has 0 radical (unpaired) electrons. The van der Waals surface area contributed by atoms with Crippen molar-refractivity contribution in [2.24, 2.45) is 0 Å². The van der Waals surface area contributed by atoms with Gasteiger partial charge in [-0.25, -0.2) is 9.97 Å². The van der Waals surface area contributed by atoms with Gasteiger partial charge in [0, 0.05) is 23.1 Å². The summed E-state index contributed by atoms with van der Waals surface area (Å²) in [6, 6.07) is 9.15. The molecule has 0 bridgehead atoms. The average Bonchev–Trinajstić information content (AvgIpc) is 2.71. The van der Waals surface area contributed by atoms with Gasteiger partial charge in [0.1, 0.15) is 5.82 Å². The second kappa shape index (κ2) is 3.48. The fourth-order valence-electron chi connectivity index (χ4n) is 1.80. The molecule has 2 aromatic heterocycles. The summed E-state index contributed by atoms with van der Waals surface area (Å²) in [5.41, 5.74) is 15.2. The van der Waals surface area contributed by atoms with Crippen LogP contribution in [-0.4, -0.2) is 15.0 Å². The molecule has 0 amide bonds. The number of hydrogen-bond donors (Lipinski definition) is 3. The van der Waals surface area contributed by atoms with Crippen molar-refractivity contribution in [3.05, 3.63) is 36.5 Å². The Balaban J connectivity index is 2.20. The number of hydrogen-bond acceptors (Lipinski definition) is 4. The van der Waals surface area contributed by atoms with Crippen LogP contribution in [-0.2, 0) is 0 Å². The summed E-state index contributed by atoms with van der Waals surface area (Å²) in [7, 11) is 0. The number of pyridine rings is 1. The molecule has 0 spiro atoms. The van der Waals surface area contributed by atoms with Crippen molar-refractivity contribution in [2.75, 3.05) is 11.5 Å². The van der Waals surface area contributed by atoms with Gasteiger partial charge in [0.2, 0.25) is 0 Å². The minimum atomic E-state index is 0.619. The number of nitrogen functional groups attached to an aromatic ring is 2. The fraction of sp³-hybridized carbons (Fsp3) is 0. The normalized spacial score (nSPS) is 10.8. The van der Waals surface area contributed by atoms with E-state index >= 15 is 0 Å². The Bertz CT molecular complexity index is 633. The molecule has 0 saturated carbocycles. The fourth-order valence-corrected chi connectivity index (χ4v) is 1.80. The van der Waals surface area contributed by atoms with E-state index in [9.17, 15) is 0 Å². The molecule has 0 saturated heterocycles. The molecule has 0 unspecified atom stereocenters. The van der Waals surface area contributed by atoms with Crippen molar-refractivity contribution < 1.29 is 0 Å². The van der Waals surface area contributed by atoms with Crippen LogP contribution in [0.3, 0.4) is 0 Å². The van der Waals surface area contributed by atoms with Crippen molar-refractivity contribution in [3.63, 3.8) is 0 Å². The Morgan fingerprint density at radius 3 is 2.53 bits per heavy atom. The maximum absolute atomic E-state index is 5.75. The van der Waals surface area contributed by atoms with Gasteiger partial charge in [0.25, 0.3) is 0 Å². The van der Waals surface area contributed by atoms with E-state index in [1.807, 2.05) is 24.3 Å². The van der Waals surface area contributed by atoms with Crippen LogP contribution in [0.15, 0.2) is 36.5 Å². The standard InChI is InChI=1S/C12H11N5/c13-8-4-7(5-9(14)6-8)11-16-10-2-1-3-15-12(10)17-11/h1-6H,13-14H2,(H,15,16,17). The lowest BCUT2D eigenvalue weighted by atomic mass is 10.1. The summed E-state index contributed by atoms with van der Waals surface area (Å²) in [5, 5.41) is 0. The highest BCUT2D eigenvalue weighted by Gasteiger charge is 2.06. The molecule has 0 aliphatic rings. The van der Waals surface area contributed by atoms with Crippen molar-refractivity contribution in [1.82, 2.24) is 15.0 Å². The zero-order valence-electron chi connectivity index (χ0n) is 9.01. The van der Waals surface area contributed by atoms with E-state index in [1.54, 1.807) is 12.3 Å². The summed E-state index contributed by atoms with van der Waals surface area (Å²) in [6.07, 6.45) is 1.71. The molecule has 0 aliphatic carbocycles. The molecule has 2 heterocycles. The first-order valence-corrected chi connectivity index (χ1v) is 5.19. The molecular formula is C12H11N5. The number of aromatic nitrogens is 3. The maximum Gasteiger partial charge on any atom is 0.178 e. The molecule has 0 aliphatic heterocycles. The third kappa shape index (κ3) is 1.67. The minimum absolute atomic E-state index is 0.619. The van der Waals surface area contributed by atoms with E-state index in [0.717, 1.165) is 16.9 Å². The number of imidazole rings is 1. The number of rotatable bonds is 1. The topological polar surface area (TPSA) is 93.6 Å². The Labute approximate surface area is 97.5 Å². The van der Waals surface area contributed by atoms with Gasteiger partial charge >= 0.3 is 0 Å². The molecule has 5 nitrogen and oxygen atoms in total. The van der Waals surface area contributed by atoms with E-state index in [4.69, 9.17) is 11.5 Å². The van der Waals surface area contributed by atoms with E-state index < -0.39 is 0 Å². The minimum Gasteiger partial charge on any atom is -0.399 e. The summed E-state index contributed by atoms with van der Waals surface area (Å²) in [5.74, 6) is 0.720. The lowest BCUT2D eigenvalue weighted by Crippen LogP contribution is -1.92. The first-order valence-electron chi connectivity index (χ1n) is 5.19. The molecular weight excluding hydrogens is 214 g/mol. The van der Waals surface area contributed by atoms with Crippen LogP contribution < -0.4 is 11.5 Å². The predicted octanol–water partition coefficient (Wildman–Crippen LogP) is 1.79. The monoisotopic (exact) mass is 225 g/mol. The van der Waals surface area contributed by atoms with Crippen LogP contribution in [0.4, 0.5) is 11.4 Å². The maximum atomic E-state index is 5.75. The van der Waals surface area contributed by atoms with Gasteiger partial charge in [-0.3, -0.25) is 0 Å². The smallest absolute Gasteiger partial charge is 0.178 e. The average molecular weight is 225 g/mol. The Kier molecular flexibility index (Phi) is 1.98.